The molecular formula is C18H17N5O2. The van der Waals surface area contributed by atoms with Gasteiger partial charge in [0.15, 0.2) is 5.82 Å². The van der Waals surface area contributed by atoms with Gasteiger partial charge in [0.05, 0.1) is 12.6 Å². The van der Waals surface area contributed by atoms with Crippen LogP contribution >= 0.6 is 0 Å². The molecule has 0 spiro atoms. The standard InChI is InChI=1S/C18H17N5O2/c24-18(13-7-8-20-17(10-13)23-12-19-11-21-23)22-15-5-3-9-25-16-6-2-1-4-14(15)16/h1-2,4,6-8,10-12,15H,3,5,9H2,(H,22,24)/t15-/m0/s1. The summed E-state index contributed by atoms with van der Waals surface area (Å²) in [6.45, 7) is 0.662. The van der Waals surface area contributed by atoms with E-state index in [0.29, 0.717) is 18.0 Å². The van der Waals surface area contributed by atoms with Crippen molar-refractivity contribution in [3.8, 4) is 11.6 Å². The van der Waals surface area contributed by atoms with Crippen molar-refractivity contribution >= 4 is 5.91 Å². The zero-order valence-electron chi connectivity index (χ0n) is 13.5. The summed E-state index contributed by atoms with van der Waals surface area (Å²) >= 11 is 0. The Bertz CT molecular complexity index is 879. The van der Waals surface area contributed by atoms with Gasteiger partial charge in [-0.25, -0.2) is 14.6 Å². The molecule has 1 atom stereocenters. The van der Waals surface area contributed by atoms with Gasteiger partial charge in [-0.3, -0.25) is 4.79 Å². The minimum absolute atomic E-state index is 0.0748. The second-order valence-electron chi connectivity index (χ2n) is 5.80. The number of nitrogens with one attached hydrogen (secondary N) is 1. The number of aromatic nitrogens is 4. The van der Waals surface area contributed by atoms with E-state index in [1.807, 2.05) is 24.3 Å². The van der Waals surface area contributed by atoms with Crippen molar-refractivity contribution in [1.29, 1.82) is 0 Å². The molecule has 1 N–H and O–H groups in total. The molecule has 0 bridgehead atoms. The fourth-order valence-corrected chi connectivity index (χ4v) is 2.93. The Morgan fingerprint density at radius 2 is 2.20 bits per heavy atom. The molecule has 1 aromatic carbocycles. The summed E-state index contributed by atoms with van der Waals surface area (Å²) < 4.78 is 7.27. The lowest BCUT2D eigenvalue weighted by Gasteiger charge is -2.18. The third-order valence-corrected chi connectivity index (χ3v) is 4.16. The average Bonchev–Trinajstić information content (AvgIpc) is 3.12. The smallest absolute Gasteiger partial charge is 0.251 e. The van der Waals surface area contributed by atoms with E-state index >= 15 is 0 Å². The van der Waals surface area contributed by atoms with E-state index in [-0.39, 0.29) is 11.9 Å². The number of pyridine rings is 1. The Labute approximate surface area is 144 Å². The van der Waals surface area contributed by atoms with Crippen LogP contribution < -0.4 is 10.1 Å². The monoisotopic (exact) mass is 335 g/mol. The lowest BCUT2D eigenvalue weighted by molar-refractivity contribution is 0.0934. The van der Waals surface area contributed by atoms with Gasteiger partial charge in [-0.2, -0.15) is 5.10 Å². The van der Waals surface area contributed by atoms with Crippen LogP contribution in [0.5, 0.6) is 5.75 Å². The van der Waals surface area contributed by atoms with Crippen molar-refractivity contribution in [2.24, 2.45) is 0 Å². The van der Waals surface area contributed by atoms with E-state index in [0.717, 1.165) is 24.2 Å². The first-order valence-electron chi connectivity index (χ1n) is 8.15. The van der Waals surface area contributed by atoms with Crippen molar-refractivity contribution < 1.29 is 9.53 Å². The molecule has 0 aliphatic carbocycles. The first-order chi connectivity index (χ1) is 12.3. The zero-order chi connectivity index (χ0) is 17.1. The molecule has 0 saturated carbocycles. The van der Waals surface area contributed by atoms with Crippen LogP contribution in [0.15, 0.2) is 55.2 Å². The van der Waals surface area contributed by atoms with Crippen LogP contribution in [-0.4, -0.2) is 32.3 Å². The number of para-hydroxylation sites is 1. The Kier molecular flexibility index (Phi) is 4.12. The Balaban J connectivity index is 1.57. The molecule has 1 amide bonds. The molecular weight excluding hydrogens is 318 g/mol. The van der Waals surface area contributed by atoms with E-state index in [1.54, 1.807) is 24.7 Å². The van der Waals surface area contributed by atoms with Crippen LogP contribution in [0.4, 0.5) is 0 Å². The second-order valence-corrected chi connectivity index (χ2v) is 5.80. The minimum atomic E-state index is -0.148. The Morgan fingerprint density at radius 3 is 3.08 bits per heavy atom. The lowest BCUT2D eigenvalue weighted by atomic mass is 10.0. The van der Waals surface area contributed by atoms with Gasteiger partial charge < -0.3 is 10.1 Å². The molecule has 3 aromatic rings. The summed E-state index contributed by atoms with van der Waals surface area (Å²) in [7, 11) is 0. The van der Waals surface area contributed by atoms with Gasteiger partial charge in [0, 0.05) is 17.3 Å². The molecule has 0 fully saturated rings. The quantitative estimate of drug-likeness (QED) is 0.794. The van der Waals surface area contributed by atoms with Gasteiger partial charge >= 0.3 is 0 Å². The molecule has 7 heteroatoms. The molecule has 0 radical (unpaired) electrons. The van der Waals surface area contributed by atoms with E-state index in [2.05, 4.69) is 20.4 Å². The summed E-state index contributed by atoms with van der Waals surface area (Å²) in [6, 6.07) is 11.2. The third kappa shape index (κ3) is 3.21. The van der Waals surface area contributed by atoms with E-state index < -0.39 is 0 Å². The number of hydrogen-bond donors (Lipinski definition) is 1. The maximum Gasteiger partial charge on any atom is 0.251 e. The molecule has 3 heterocycles. The maximum absolute atomic E-state index is 12.7. The lowest BCUT2D eigenvalue weighted by Crippen LogP contribution is -2.28. The number of benzene rings is 1. The number of nitrogens with zero attached hydrogens (tertiary/aromatic N) is 4. The molecule has 25 heavy (non-hydrogen) atoms. The van der Waals surface area contributed by atoms with Gasteiger partial charge in [0.1, 0.15) is 18.4 Å². The molecule has 0 unspecified atom stereocenters. The van der Waals surface area contributed by atoms with Gasteiger partial charge in [-0.15, -0.1) is 0 Å². The summed E-state index contributed by atoms with van der Waals surface area (Å²) in [5.41, 5.74) is 1.54. The number of carbonyl (C=O) groups is 1. The van der Waals surface area contributed by atoms with E-state index in [1.165, 1.54) is 11.0 Å². The van der Waals surface area contributed by atoms with E-state index in [4.69, 9.17) is 4.74 Å². The summed E-state index contributed by atoms with van der Waals surface area (Å²) in [6.07, 6.45) is 6.29. The highest BCUT2D eigenvalue weighted by atomic mass is 16.5. The van der Waals surface area contributed by atoms with Crippen molar-refractivity contribution in [2.45, 2.75) is 18.9 Å². The number of hydrogen-bond acceptors (Lipinski definition) is 5. The van der Waals surface area contributed by atoms with Crippen molar-refractivity contribution in [2.75, 3.05) is 6.61 Å². The van der Waals surface area contributed by atoms with Crippen LogP contribution in [0.3, 0.4) is 0 Å². The van der Waals surface area contributed by atoms with Crippen LogP contribution in [0.1, 0.15) is 34.8 Å². The molecule has 7 nitrogen and oxygen atoms in total. The van der Waals surface area contributed by atoms with Crippen molar-refractivity contribution in [1.82, 2.24) is 25.1 Å². The normalized spacial score (nSPS) is 16.4. The third-order valence-electron chi connectivity index (χ3n) is 4.16. The molecule has 4 rings (SSSR count). The van der Waals surface area contributed by atoms with Crippen molar-refractivity contribution in [3.05, 3.63) is 66.4 Å². The van der Waals surface area contributed by atoms with Gasteiger partial charge in [-0.05, 0) is 31.0 Å². The Morgan fingerprint density at radius 1 is 1.28 bits per heavy atom. The molecule has 1 aliphatic rings. The molecule has 2 aromatic heterocycles. The van der Waals surface area contributed by atoms with Crippen molar-refractivity contribution in [3.63, 3.8) is 0 Å². The zero-order valence-corrected chi connectivity index (χ0v) is 13.5. The maximum atomic E-state index is 12.7. The van der Waals surface area contributed by atoms with Crippen LogP contribution in [0.2, 0.25) is 0 Å². The second kappa shape index (κ2) is 6.72. The SMILES string of the molecule is O=C(N[C@H]1CCCOc2ccccc21)c1ccnc(-n2cncn2)c1. The van der Waals surface area contributed by atoms with Gasteiger partial charge in [-0.1, -0.05) is 18.2 Å². The largest absolute Gasteiger partial charge is 0.493 e. The highest BCUT2D eigenvalue weighted by molar-refractivity contribution is 5.94. The minimum Gasteiger partial charge on any atom is -0.493 e. The predicted molar refractivity (Wildman–Crippen MR) is 90.5 cm³/mol. The topological polar surface area (TPSA) is 81.9 Å². The number of amides is 1. The highest BCUT2D eigenvalue weighted by Crippen LogP contribution is 2.31. The average molecular weight is 335 g/mol. The van der Waals surface area contributed by atoms with Gasteiger partial charge in [0.25, 0.3) is 5.91 Å². The summed E-state index contributed by atoms with van der Waals surface area (Å²) in [4.78, 5) is 20.9. The molecule has 0 saturated heterocycles. The summed E-state index contributed by atoms with van der Waals surface area (Å²) in [5.74, 6) is 1.24. The number of ether oxygens (including phenoxy) is 1. The van der Waals surface area contributed by atoms with E-state index in [9.17, 15) is 4.79 Å². The first-order valence-corrected chi connectivity index (χ1v) is 8.15. The van der Waals surface area contributed by atoms with Crippen LogP contribution in [-0.2, 0) is 0 Å². The van der Waals surface area contributed by atoms with Crippen LogP contribution in [0, 0.1) is 0 Å². The first kappa shape index (κ1) is 15.3. The molecule has 126 valence electrons. The fraction of sp³-hybridized carbons (Fsp3) is 0.222. The van der Waals surface area contributed by atoms with Gasteiger partial charge in [0.2, 0.25) is 0 Å². The van der Waals surface area contributed by atoms with Crippen LogP contribution in [0.25, 0.3) is 5.82 Å². The number of rotatable bonds is 3. The predicted octanol–water partition coefficient (Wildman–Crippen LogP) is 2.31. The fourth-order valence-electron chi connectivity index (χ4n) is 2.93. The highest BCUT2D eigenvalue weighted by Gasteiger charge is 2.22. The number of fused-ring (bicyclic) bond motifs is 1. The Hall–Kier alpha value is -3.22. The summed E-state index contributed by atoms with van der Waals surface area (Å²) in [5, 5.41) is 7.15. The molecule has 1 aliphatic heterocycles. The number of carbonyl (C=O) groups excluding carboxylic acids is 1.